The highest BCUT2D eigenvalue weighted by Crippen LogP contribution is 2.18. The quantitative estimate of drug-likeness (QED) is 0.678. The van der Waals surface area contributed by atoms with E-state index in [-0.39, 0.29) is 5.91 Å². The van der Waals surface area contributed by atoms with E-state index >= 15 is 0 Å². The fraction of sp³-hybridized carbons (Fsp3) is 0.579. The number of amides is 1. The first-order valence-corrected chi connectivity index (χ1v) is 9.29. The zero-order valence-corrected chi connectivity index (χ0v) is 15.3. The Morgan fingerprint density at radius 1 is 1.36 bits per heavy atom. The van der Waals surface area contributed by atoms with E-state index in [9.17, 15) is 4.79 Å². The summed E-state index contributed by atoms with van der Waals surface area (Å²) in [6.45, 7) is 9.78. The van der Waals surface area contributed by atoms with Crippen molar-refractivity contribution in [3.63, 3.8) is 0 Å². The molecule has 1 saturated heterocycles. The molecule has 0 radical (unpaired) electrons. The molecular weight excluding hydrogens is 314 g/mol. The standard InChI is InChI=1S/C19H29N5O/c1-3-6-21-16-12-23(13-16)9-4-7-22-19(25)14-24-11-15(2)17-10-20-8-5-18(17)24/h5,8,10-11,16,21H,3-4,6-7,9,12-14H2,1-2H3,(H,22,25). The lowest BCUT2D eigenvalue weighted by Crippen LogP contribution is -2.58. The maximum Gasteiger partial charge on any atom is 0.239 e. The number of carbonyl (C=O) groups excluding carboxylic acids is 1. The third-order valence-electron chi connectivity index (χ3n) is 4.81. The van der Waals surface area contributed by atoms with Crippen LogP contribution in [0, 0.1) is 6.92 Å². The van der Waals surface area contributed by atoms with Gasteiger partial charge >= 0.3 is 0 Å². The number of nitrogens with zero attached hydrogens (tertiary/aromatic N) is 3. The van der Waals surface area contributed by atoms with Crippen LogP contribution in [-0.2, 0) is 11.3 Å². The predicted molar refractivity (Wildman–Crippen MR) is 101 cm³/mol. The monoisotopic (exact) mass is 343 g/mol. The first-order chi connectivity index (χ1) is 12.2. The Labute approximate surface area is 149 Å². The summed E-state index contributed by atoms with van der Waals surface area (Å²) in [4.78, 5) is 18.8. The summed E-state index contributed by atoms with van der Waals surface area (Å²) in [6.07, 6.45) is 7.84. The van der Waals surface area contributed by atoms with Crippen LogP contribution in [0.1, 0.15) is 25.3 Å². The number of aromatic nitrogens is 2. The Balaban J connectivity index is 1.35. The Morgan fingerprint density at radius 3 is 3.00 bits per heavy atom. The van der Waals surface area contributed by atoms with Crippen LogP contribution in [-0.4, -0.2) is 59.1 Å². The normalized spacial score (nSPS) is 15.4. The summed E-state index contributed by atoms with van der Waals surface area (Å²) >= 11 is 0. The van der Waals surface area contributed by atoms with Crippen molar-refractivity contribution in [3.05, 3.63) is 30.2 Å². The van der Waals surface area contributed by atoms with Gasteiger partial charge in [0.15, 0.2) is 0 Å². The van der Waals surface area contributed by atoms with Gasteiger partial charge in [-0.25, -0.2) is 0 Å². The second-order valence-electron chi connectivity index (χ2n) is 6.95. The first kappa shape index (κ1) is 17.9. The van der Waals surface area contributed by atoms with Crippen molar-refractivity contribution in [2.45, 2.75) is 39.3 Å². The second-order valence-corrected chi connectivity index (χ2v) is 6.95. The Bertz CT molecular complexity index is 705. The molecule has 6 nitrogen and oxygen atoms in total. The largest absolute Gasteiger partial charge is 0.355 e. The average molecular weight is 343 g/mol. The van der Waals surface area contributed by atoms with Gasteiger partial charge < -0.3 is 20.1 Å². The van der Waals surface area contributed by atoms with Crippen LogP contribution >= 0.6 is 0 Å². The smallest absolute Gasteiger partial charge is 0.239 e. The lowest BCUT2D eigenvalue weighted by Gasteiger charge is -2.39. The van der Waals surface area contributed by atoms with Crippen LogP contribution in [0.15, 0.2) is 24.7 Å². The lowest BCUT2D eigenvalue weighted by molar-refractivity contribution is -0.121. The Hall–Kier alpha value is -1.92. The van der Waals surface area contributed by atoms with Crippen molar-refractivity contribution in [3.8, 4) is 0 Å². The van der Waals surface area contributed by atoms with Crippen molar-refractivity contribution in [1.29, 1.82) is 0 Å². The number of nitrogens with one attached hydrogen (secondary N) is 2. The average Bonchev–Trinajstić information content (AvgIpc) is 2.88. The number of fused-ring (bicyclic) bond motifs is 1. The van der Waals surface area contributed by atoms with Gasteiger partial charge in [0.05, 0.1) is 5.52 Å². The van der Waals surface area contributed by atoms with Crippen molar-refractivity contribution in [2.24, 2.45) is 0 Å². The third kappa shape index (κ3) is 4.58. The van der Waals surface area contributed by atoms with Gasteiger partial charge in [0.2, 0.25) is 5.91 Å². The molecule has 25 heavy (non-hydrogen) atoms. The molecule has 1 fully saturated rings. The highest BCUT2D eigenvalue weighted by Gasteiger charge is 2.24. The van der Waals surface area contributed by atoms with Crippen molar-refractivity contribution >= 4 is 16.8 Å². The van der Waals surface area contributed by atoms with Gasteiger partial charge in [-0.15, -0.1) is 0 Å². The highest BCUT2D eigenvalue weighted by atomic mass is 16.1. The number of rotatable bonds is 9. The molecule has 2 N–H and O–H groups in total. The van der Waals surface area contributed by atoms with Gasteiger partial charge in [0.25, 0.3) is 0 Å². The van der Waals surface area contributed by atoms with E-state index in [1.807, 2.05) is 30.0 Å². The van der Waals surface area contributed by atoms with Crippen LogP contribution in [0.4, 0.5) is 0 Å². The molecule has 2 aromatic heterocycles. The maximum atomic E-state index is 12.2. The SMILES string of the molecule is CCCNC1CN(CCCNC(=O)Cn2cc(C)c3cnccc32)C1. The molecule has 0 spiro atoms. The summed E-state index contributed by atoms with van der Waals surface area (Å²) in [7, 11) is 0. The second kappa shape index (κ2) is 8.45. The predicted octanol–water partition coefficient (Wildman–Crippen LogP) is 1.53. The van der Waals surface area contributed by atoms with Gasteiger partial charge in [-0.3, -0.25) is 9.78 Å². The maximum absolute atomic E-state index is 12.2. The molecule has 0 saturated carbocycles. The number of hydrogen-bond acceptors (Lipinski definition) is 4. The molecule has 1 aliphatic rings. The fourth-order valence-corrected chi connectivity index (χ4v) is 3.42. The molecule has 3 heterocycles. The minimum absolute atomic E-state index is 0.0693. The number of hydrogen-bond donors (Lipinski definition) is 2. The van der Waals surface area contributed by atoms with Crippen LogP contribution in [0.5, 0.6) is 0 Å². The molecule has 6 heteroatoms. The summed E-state index contributed by atoms with van der Waals surface area (Å²) in [5.74, 6) is 0.0693. The molecule has 136 valence electrons. The highest BCUT2D eigenvalue weighted by molar-refractivity contribution is 5.85. The summed E-state index contributed by atoms with van der Waals surface area (Å²) < 4.78 is 2.00. The van der Waals surface area contributed by atoms with Gasteiger partial charge in [-0.05, 0) is 44.5 Å². The fourth-order valence-electron chi connectivity index (χ4n) is 3.42. The molecular formula is C19H29N5O. The molecule has 0 bridgehead atoms. The van der Waals surface area contributed by atoms with Crippen molar-refractivity contribution < 1.29 is 4.79 Å². The topological polar surface area (TPSA) is 62.2 Å². The van der Waals surface area contributed by atoms with Crippen LogP contribution < -0.4 is 10.6 Å². The van der Waals surface area contributed by atoms with Crippen LogP contribution in [0.3, 0.4) is 0 Å². The van der Waals surface area contributed by atoms with Crippen molar-refractivity contribution in [2.75, 3.05) is 32.7 Å². The van der Waals surface area contributed by atoms with E-state index in [2.05, 4.69) is 27.4 Å². The number of likely N-dealkylation sites (tertiary alicyclic amines) is 1. The van der Waals surface area contributed by atoms with Crippen LogP contribution in [0.25, 0.3) is 10.9 Å². The van der Waals surface area contributed by atoms with E-state index in [4.69, 9.17) is 0 Å². The minimum atomic E-state index is 0.0693. The van der Waals surface area contributed by atoms with E-state index in [1.54, 1.807) is 6.20 Å². The number of carbonyl (C=O) groups is 1. The molecule has 0 atom stereocenters. The molecule has 1 aliphatic heterocycles. The lowest BCUT2D eigenvalue weighted by atomic mass is 10.1. The molecule has 0 unspecified atom stereocenters. The van der Waals surface area contributed by atoms with Gasteiger partial charge in [-0.2, -0.15) is 0 Å². The Morgan fingerprint density at radius 2 is 2.20 bits per heavy atom. The Kier molecular flexibility index (Phi) is 6.04. The summed E-state index contributed by atoms with van der Waals surface area (Å²) in [5.41, 5.74) is 2.22. The van der Waals surface area contributed by atoms with Gasteiger partial charge in [0, 0.05) is 49.7 Å². The molecule has 0 aromatic carbocycles. The van der Waals surface area contributed by atoms with E-state index in [1.165, 1.54) is 6.42 Å². The van der Waals surface area contributed by atoms with E-state index in [0.29, 0.717) is 12.6 Å². The first-order valence-electron chi connectivity index (χ1n) is 9.29. The number of aryl methyl sites for hydroxylation is 1. The van der Waals surface area contributed by atoms with Crippen LogP contribution in [0.2, 0.25) is 0 Å². The van der Waals surface area contributed by atoms with Crippen molar-refractivity contribution in [1.82, 2.24) is 25.1 Å². The molecule has 0 aliphatic carbocycles. The molecule has 1 amide bonds. The van der Waals surface area contributed by atoms with E-state index < -0.39 is 0 Å². The van der Waals surface area contributed by atoms with Gasteiger partial charge in [-0.1, -0.05) is 6.92 Å². The van der Waals surface area contributed by atoms with E-state index in [0.717, 1.165) is 55.6 Å². The zero-order chi connectivity index (χ0) is 17.6. The third-order valence-corrected chi connectivity index (χ3v) is 4.81. The zero-order valence-electron chi connectivity index (χ0n) is 15.3. The summed E-state index contributed by atoms with van der Waals surface area (Å²) in [5, 5.41) is 7.68. The number of pyridine rings is 1. The molecule has 3 rings (SSSR count). The van der Waals surface area contributed by atoms with Gasteiger partial charge in [0.1, 0.15) is 6.54 Å². The molecule has 2 aromatic rings. The summed E-state index contributed by atoms with van der Waals surface area (Å²) in [6, 6.07) is 2.62. The minimum Gasteiger partial charge on any atom is -0.355 e.